The maximum Gasteiger partial charge on any atom is 0.214 e. The summed E-state index contributed by atoms with van der Waals surface area (Å²) in [5, 5.41) is 3.30. The van der Waals surface area contributed by atoms with Crippen LogP contribution in [0.15, 0.2) is 0 Å². The molecule has 1 N–H and O–H groups in total. The maximum absolute atomic E-state index is 12.2. The van der Waals surface area contributed by atoms with E-state index in [1.807, 2.05) is 7.05 Å². The lowest BCUT2D eigenvalue weighted by molar-refractivity contribution is 0.159. The van der Waals surface area contributed by atoms with Gasteiger partial charge in [0.2, 0.25) is 10.0 Å². The van der Waals surface area contributed by atoms with E-state index in [4.69, 9.17) is 0 Å². The largest absolute Gasteiger partial charge is 0.317 e. The molecule has 1 aliphatic heterocycles. The van der Waals surface area contributed by atoms with Crippen molar-refractivity contribution in [1.29, 1.82) is 0 Å². The molecule has 1 unspecified atom stereocenters. The molecule has 1 saturated heterocycles. The molecular weight excluding hydrogens is 262 g/mol. The third kappa shape index (κ3) is 5.77. The summed E-state index contributed by atoms with van der Waals surface area (Å²) in [6, 6.07) is 0.315. The molecule has 1 fully saturated rings. The van der Waals surface area contributed by atoms with Crippen LogP contribution in [0.2, 0.25) is 0 Å². The Balaban J connectivity index is 2.27. The summed E-state index contributed by atoms with van der Waals surface area (Å²) in [5.74, 6) is 0.289. The van der Waals surface area contributed by atoms with Crippen LogP contribution < -0.4 is 5.32 Å². The van der Waals surface area contributed by atoms with Gasteiger partial charge in [-0.15, -0.1) is 0 Å². The molecule has 0 saturated carbocycles. The Bertz CT molecular complexity index is 346. The van der Waals surface area contributed by atoms with Crippen molar-refractivity contribution in [2.75, 3.05) is 45.5 Å². The number of likely N-dealkylation sites (N-methyl/N-ethyl adjacent to an activating group) is 1. The van der Waals surface area contributed by atoms with Crippen LogP contribution in [0.4, 0.5) is 0 Å². The Morgan fingerprint density at radius 2 is 1.95 bits per heavy atom. The van der Waals surface area contributed by atoms with Crippen molar-refractivity contribution in [2.24, 2.45) is 0 Å². The normalized spacial score (nSPS) is 22.8. The van der Waals surface area contributed by atoms with Crippen LogP contribution in [0.25, 0.3) is 0 Å². The SMILES string of the molecule is CCCNCCCCS(=O)(=O)N1CCN(C)C(C)C1. The molecule has 0 spiro atoms. The number of rotatable bonds is 8. The molecule has 1 aliphatic rings. The molecule has 0 radical (unpaired) electrons. The zero-order chi connectivity index (χ0) is 14.3. The quantitative estimate of drug-likeness (QED) is 0.670. The van der Waals surface area contributed by atoms with Crippen LogP contribution in [0.5, 0.6) is 0 Å². The third-order valence-electron chi connectivity index (χ3n) is 3.75. The second-order valence-corrected chi connectivity index (χ2v) is 7.55. The van der Waals surface area contributed by atoms with E-state index in [1.165, 1.54) is 0 Å². The van der Waals surface area contributed by atoms with E-state index in [1.54, 1.807) is 4.31 Å². The van der Waals surface area contributed by atoms with Crippen molar-refractivity contribution in [2.45, 2.75) is 39.2 Å². The van der Waals surface area contributed by atoms with Crippen LogP contribution in [-0.4, -0.2) is 69.2 Å². The number of unbranched alkanes of at least 4 members (excludes halogenated alkanes) is 1. The number of nitrogens with one attached hydrogen (secondary N) is 1. The fourth-order valence-corrected chi connectivity index (χ4v) is 3.86. The molecule has 6 heteroatoms. The first-order chi connectivity index (χ1) is 8.97. The molecule has 0 bridgehead atoms. The zero-order valence-electron chi connectivity index (χ0n) is 12.6. The molecule has 1 rings (SSSR count). The molecule has 1 atom stereocenters. The topological polar surface area (TPSA) is 52.7 Å². The van der Waals surface area contributed by atoms with Crippen molar-refractivity contribution in [3.8, 4) is 0 Å². The second-order valence-electron chi connectivity index (χ2n) is 5.46. The molecule has 5 nitrogen and oxygen atoms in total. The van der Waals surface area contributed by atoms with E-state index in [2.05, 4.69) is 24.1 Å². The molecular formula is C13H29N3O2S. The lowest BCUT2D eigenvalue weighted by Gasteiger charge is -2.36. The Morgan fingerprint density at radius 1 is 1.21 bits per heavy atom. The number of sulfonamides is 1. The average molecular weight is 291 g/mol. The lowest BCUT2D eigenvalue weighted by atomic mass is 10.2. The van der Waals surface area contributed by atoms with Gasteiger partial charge < -0.3 is 10.2 Å². The monoisotopic (exact) mass is 291 g/mol. The first-order valence-corrected chi connectivity index (χ1v) is 8.97. The standard InChI is InChI=1S/C13H29N3O2S/c1-4-7-14-8-5-6-11-19(17,18)16-10-9-15(3)13(2)12-16/h13-14H,4-12H2,1-3H3. The van der Waals surface area contributed by atoms with E-state index < -0.39 is 10.0 Å². The van der Waals surface area contributed by atoms with Gasteiger partial charge >= 0.3 is 0 Å². The number of hydrogen-bond donors (Lipinski definition) is 1. The fourth-order valence-electron chi connectivity index (χ4n) is 2.23. The van der Waals surface area contributed by atoms with Gasteiger partial charge in [0.1, 0.15) is 0 Å². The Labute approximate surface area is 118 Å². The van der Waals surface area contributed by atoms with Crippen LogP contribution in [0, 0.1) is 0 Å². The van der Waals surface area contributed by atoms with Gasteiger partial charge in [-0.1, -0.05) is 6.92 Å². The van der Waals surface area contributed by atoms with Crippen molar-refractivity contribution in [1.82, 2.24) is 14.5 Å². The van der Waals surface area contributed by atoms with Crippen molar-refractivity contribution in [3.63, 3.8) is 0 Å². The number of hydrogen-bond acceptors (Lipinski definition) is 4. The van der Waals surface area contributed by atoms with Gasteiger partial charge in [-0.05, 0) is 46.3 Å². The maximum atomic E-state index is 12.2. The molecule has 114 valence electrons. The van der Waals surface area contributed by atoms with Gasteiger partial charge in [-0.2, -0.15) is 4.31 Å². The first-order valence-electron chi connectivity index (χ1n) is 7.36. The first kappa shape index (κ1) is 16.9. The van der Waals surface area contributed by atoms with E-state index >= 15 is 0 Å². The molecule has 0 aromatic carbocycles. The minimum absolute atomic E-state index is 0.289. The predicted molar refractivity (Wildman–Crippen MR) is 79.8 cm³/mol. The average Bonchev–Trinajstić information content (AvgIpc) is 2.36. The Morgan fingerprint density at radius 3 is 2.58 bits per heavy atom. The summed E-state index contributed by atoms with van der Waals surface area (Å²) in [6.45, 7) is 8.25. The van der Waals surface area contributed by atoms with E-state index in [9.17, 15) is 8.42 Å². The van der Waals surface area contributed by atoms with E-state index in [0.29, 0.717) is 19.1 Å². The molecule has 0 amide bonds. The Kier molecular flexibility index (Phi) is 7.28. The van der Waals surface area contributed by atoms with Crippen LogP contribution in [-0.2, 0) is 10.0 Å². The van der Waals surface area contributed by atoms with Crippen molar-refractivity contribution >= 4 is 10.0 Å². The summed E-state index contributed by atoms with van der Waals surface area (Å²) < 4.78 is 26.1. The van der Waals surface area contributed by atoms with Gasteiger partial charge in [0, 0.05) is 25.7 Å². The molecule has 19 heavy (non-hydrogen) atoms. The zero-order valence-corrected chi connectivity index (χ0v) is 13.4. The summed E-state index contributed by atoms with van der Waals surface area (Å²) in [5.41, 5.74) is 0. The van der Waals surface area contributed by atoms with Crippen molar-refractivity contribution < 1.29 is 8.42 Å². The molecule has 1 heterocycles. The van der Waals surface area contributed by atoms with E-state index in [0.717, 1.165) is 38.9 Å². The number of nitrogens with zero attached hydrogens (tertiary/aromatic N) is 2. The highest BCUT2D eigenvalue weighted by Gasteiger charge is 2.28. The summed E-state index contributed by atoms with van der Waals surface area (Å²) in [4.78, 5) is 2.21. The number of piperazine rings is 1. The Hall–Kier alpha value is -0.170. The van der Waals surface area contributed by atoms with E-state index in [-0.39, 0.29) is 5.75 Å². The summed E-state index contributed by atoms with van der Waals surface area (Å²) >= 11 is 0. The molecule has 0 aromatic heterocycles. The molecule has 0 aliphatic carbocycles. The summed E-state index contributed by atoms with van der Waals surface area (Å²) in [7, 11) is -1.00. The van der Waals surface area contributed by atoms with Gasteiger partial charge in [0.15, 0.2) is 0 Å². The van der Waals surface area contributed by atoms with Crippen LogP contribution in [0.3, 0.4) is 0 Å². The highest BCUT2D eigenvalue weighted by atomic mass is 32.2. The van der Waals surface area contributed by atoms with Gasteiger partial charge in [-0.3, -0.25) is 0 Å². The van der Waals surface area contributed by atoms with Crippen molar-refractivity contribution in [3.05, 3.63) is 0 Å². The smallest absolute Gasteiger partial charge is 0.214 e. The van der Waals surface area contributed by atoms with Gasteiger partial charge in [0.25, 0.3) is 0 Å². The third-order valence-corrected chi connectivity index (χ3v) is 5.67. The second kappa shape index (κ2) is 8.19. The minimum atomic E-state index is -3.05. The van der Waals surface area contributed by atoms with Gasteiger partial charge in [0.05, 0.1) is 5.75 Å². The van der Waals surface area contributed by atoms with Crippen LogP contribution >= 0.6 is 0 Å². The van der Waals surface area contributed by atoms with Gasteiger partial charge in [-0.25, -0.2) is 8.42 Å². The minimum Gasteiger partial charge on any atom is -0.317 e. The lowest BCUT2D eigenvalue weighted by Crippen LogP contribution is -2.52. The van der Waals surface area contributed by atoms with Crippen LogP contribution in [0.1, 0.15) is 33.1 Å². The fraction of sp³-hybridized carbons (Fsp3) is 1.00. The molecule has 0 aromatic rings. The highest BCUT2D eigenvalue weighted by Crippen LogP contribution is 2.12. The predicted octanol–water partition coefficient (Wildman–Crippen LogP) is 0.732. The highest BCUT2D eigenvalue weighted by molar-refractivity contribution is 7.89. The summed E-state index contributed by atoms with van der Waals surface area (Å²) in [6.07, 6.45) is 2.81.